The van der Waals surface area contributed by atoms with Crippen molar-refractivity contribution < 1.29 is 24.5 Å². The van der Waals surface area contributed by atoms with Crippen LogP contribution in [-0.4, -0.2) is 39.2 Å². The lowest BCUT2D eigenvalue weighted by Crippen LogP contribution is -2.34. The van der Waals surface area contributed by atoms with Crippen LogP contribution in [0.4, 0.5) is 0 Å². The summed E-state index contributed by atoms with van der Waals surface area (Å²) in [5.74, 6) is -0.638. The molecule has 1 saturated heterocycles. The van der Waals surface area contributed by atoms with Gasteiger partial charge in [0.25, 0.3) is 5.09 Å². The quantitative estimate of drug-likeness (QED) is 0.215. The molecule has 1 aromatic heterocycles. The molecular formula is C20H16Cl5N3O6. The topological polar surface area (TPSA) is 109 Å². The zero-order valence-corrected chi connectivity index (χ0v) is 20.8. The van der Waals surface area contributed by atoms with Crippen LogP contribution in [0.25, 0.3) is 0 Å². The first-order valence-corrected chi connectivity index (χ1v) is 11.3. The molecule has 2 unspecified atom stereocenters. The van der Waals surface area contributed by atoms with Crippen LogP contribution in [-0.2, 0) is 21.8 Å². The molecule has 4 rings (SSSR count). The minimum atomic E-state index is -1.50. The van der Waals surface area contributed by atoms with E-state index in [1.807, 2.05) is 10.8 Å². The van der Waals surface area contributed by atoms with Crippen LogP contribution in [0, 0.1) is 10.1 Å². The summed E-state index contributed by atoms with van der Waals surface area (Å²) in [6, 6.07) is 8.39. The van der Waals surface area contributed by atoms with Crippen molar-refractivity contribution in [3.8, 4) is 5.75 Å². The fourth-order valence-electron chi connectivity index (χ4n) is 3.18. The van der Waals surface area contributed by atoms with Gasteiger partial charge in [0.15, 0.2) is 0 Å². The lowest BCUT2D eigenvalue weighted by Gasteiger charge is -2.30. The first kappa shape index (κ1) is 26.6. The van der Waals surface area contributed by atoms with E-state index in [0.29, 0.717) is 44.6 Å². The monoisotopic (exact) mass is 569 g/mol. The first-order valence-electron chi connectivity index (χ1n) is 9.43. The second-order valence-electron chi connectivity index (χ2n) is 6.91. The van der Waals surface area contributed by atoms with Crippen molar-refractivity contribution in [1.29, 1.82) is 0 Å². The molecule has 1 N–H and O–H groups in total. The fraction of sp³-hybridized carbons (Fsp3) is 0.250. The van der Waals surface area contributed by atoms with Crippen LogP contribution in [0.3, 0.4) is 0 Å². The Morgan fingerprint density at radius 3 is 2.44 bits per heavy atom. The van der Waals surface area contributed by atoms with Gasteiger partial charge in [-0.05, 0) is 12.1 Å². The van der Waals surface area contributed by atoms with Crippen LogP contribution in [0.5, 0.6) is 5.75 Å². The van der Waals surface area contributed by atoms with E-state index in [2.05, 4.69) is 4.98 Å². The Morgan fingerprint density at radius 2 is 1.85 bits per heavy atom. The van der Waals surface area contributed by atoms with Crippen LogP contribution in [0.2, 0.25) is 25.1 Å². The average molecular weight is 572 g/mol. The van der Waals surface area contributed by atoms with Gasteiger partial charge in [-0.15, -0.1) is 10.1 Å². The van der Waals surface area contributed by atoms with Crippen molar-refractivity contribution >= 4 is 58.0 Å². The molecule has 1 fully saturated rings. The molecule has 3 aromatic rings. The van der Waals surface area contributed by atoms with Crippen LogP contribution in [0.1, 0.15) is 5.56 Å². The Morgan fingerprint density at radius 1 is 1.18 bits per heavy atom. The average Bonchev–Trinajstić information content (AvgIpc) is 3.40. The maximum atomic E-state index is 8.36. The Hall–Kier alpha value is -1.98. The maximum Gasteiger partial charge on any atom is 0.291 e. The fourth-order valence-corrected chi connectivity index (χ4v) is 4.31. The summed E-state index contributed by atoms with van der Waals surface area (Å²) >= 11 is 30.6. The standard InChI is InChI=1S/C20H15Cl5N2O3.HNO3/c21-12-1-2-15(16(22)5-12)20(10-27-4-3-26-11-27)29-9-14(30-20)8-28-13-6-17(23)19(25)18(24)7-13;2-1(3)4/h1-7,11,14H,8-10H2;(H,2,3,4). The van der Waals surface area contributed by atoms with E-state index in [0.717, 1.165) is 0 Å². The number of ether oxygens (including phenoxy) is 3. The summed E-state index contributed by atoms with van der Waals surface area (Å²) in [5, 5.41) is 15.5. The number of imidazole rings is 1. The molecule has 182 valence electrons. The van der Waals surface area contributed by atoms with Gasteiger partial charge in [-0.3, -0.25) is 0 Å². The summed E-state index contributed by atoms with van der Waals surface area (Å²) in [6.45, 7) is 0.858. The highest BCUT2D eigenvalue weighted by atomic mass is 35.5. The molecule has 0 radical (unpaired) electrons. The normalized spacial score (nSPS) is 19.4. The van der Waals surface area contributed by atoms with Gasteiger partial charge in [0.1, 0.15) is 18.5 Å². The molecule has 2 heterocycles. The van der Waals surface area contributed by atoms with E-state index in [9.17, 15) is 0 Å². The largest absolute Gasteiger partial charge is 0.491 e. The zero-order valence-electron chi connectivity index (χ0n) is 17.0. The third kappa shape index (κ3) is 6.79. The van der Waals surface area contributed by atoms with Gasteiger partial charge in [-0.1, -0.05) is 64.1 Å². The molecule has 2 aromatic carbocycles. The molecule has 1 aliphatic heterocycles. The summed E-state index contributed by atoms with van der Waals surface area (Å²) in [5.41, 5.74) is 0.669. The highest BCUT2D eigenvalue weighted by Gasteiger charge is 2.45. The number of nitrogens with zero attached hydrogens (tertiary/aromatic N) is 3. The third-order valence-electron chi connectivity index (χ3n) is 4.54. The minimum Gasteiger partial charge on any atom is -0.491 e. The first-order chi connectivity index (χ1) is 16.1. The van der Waals surface area contributed by atoms with Crippen molar-refractivity contribution in [3.05, 3.63) is 89.8 Å². The third-order valence-corrected chi connectivity index (χ3v) is 6.29. The molecular weight excluding hydrogens is 556 g/mol. The molecule has 9 nitrogen and oxygen atoms in total. The van der Waals surface area contributed by atoms with Crippen LogP contribution >= 0.6 is 58.0 Å². The predicted molar refractivity (Wildman–Crippen MR) is 127 cm³/mol. The van der Waals surface area contributed by atoms with E-state index < -0.39 is 10.9 Å². The maximum absolute atomic E-state index is 8.36. The molecule has 0 saturated carbocycles. The number of hydrogen-bond donors (Lipinski definition) is 1. The number of halogens is 5. The molecule has 0 aliphatic carbocycles. The summed E-state index contributed by atoms with van der Waals surface area (Å²) in [6.07, 6.45) is 4.81. The Bertz CT molecular complexity index is 1120. The van der Waals surface area contributed by atoms with E-state index in [1.54, 1.807) is 42.9 Å². The molecule has 0 bridgehead atoms. The minimum absolute atomic E-state index is 0.213. The van der Waals surface area contributed by atoms with Crippen molar-refractivity contribution in [2.75, 3.05) is 13.2 Å². The lowest BCUT2D eigenvalue weighted by molar-refractivity contribution is -0.742. The lowest BCUT2D eigenvalue weighted by atomic mass is 10.1. The van der Waals surface area contributed by atoms with Gasteiger partial charge in [0.05, 0.1) is 39.6 Å². The Labute approximate surface area is 218 Å². The molecule has 1 aliphatic rings. The Kier molecular flexibility index (Phi) is 9.11. The number of rotatable bonds is 6. The number of benzene rings is 2. The Balaban J connectivity index is 0.000000751. The van der Waals surface area contributed by atoms with E-state index in [-0.39, 0.29) is 17.7 Å². The summed E-state index contributed by atoms with van der Waals surface area (Å²) in [4.78, 5) is 12.4. The van der Waals surface area contributed by atoms with Crippen LogP contribution in [0.15, 0.2) is 49.1 Å². The second kappa shape index (κ2) is 11.6. The van der Waals surface area contributed by atoms with Crippen molar-refractivity contribution in [3.63, 3.8) is 0 Å². The zero-order chi connectivity index (χ0) is 24.9. The molecule has 14 heteroatoms. The predicted octanol–water partition coefficient (Wildman–Crippen LogP) is 6.15. The molecule has 2 atom stereocenters. The van der Waals surface area contributed by atoms with E-state index in [4.69, 9.17) is 87.5 Å². The highest BCUT2D eigenvalue weighted by Crippen LogP contribution is 2.41. The second-order valence-corrected chi connectivity index (χ2v) is 8.95. The SMILES string of the molecule is Clc1ccc(C2(Cn3ccnc3)OCC(COc3cc(Cl)c(Cl)c(Cl)c3)O2)c(Cl)c1.O=[N+]([O-])O. The van der Waals surface area contributed by atoms with Gasteiger partial charge in [0.2, 0.25) is 5.79 Å². The van der Waals surface area contributed by atoms with Crippen LogP contribution < -0.4 is 4.74 Å². The van der Waals surface area contributed by atoms with Gasteiger partial charge in [-0.2, -0.15) is 0 Å². The summed E-state index contributed by atoms with van der Waals surface area (Å²) < 4.78 is 20.1. The number of aromatic nitrogens is 2. The van der Waals surface area contributed by atoms with Gasteiger partial charge in [0, 0.05) is 35.1 Å². The van der Waals surface area contributed by atoms with Gasteiger partial charge < -0.3 is 24.0 Å². The molecule has 34 heavy (non-hydrogen) atoms. The summed E-state index contributed by atoms with van der Waals surface area (Å²) in [7, 11) is 0. The van der Waals surface area contributed by atoms with Gasteiger partial charge >= 0.3 is 0 Å². The van der Waals surface area contributed by atoms with Crippen molar-refractivity contribution in [2.24, 2.45) is 0 Å². The van der Waals surface area contributed by atoms with E-state index >= 15 is 0 Å². The van der Waals surface area contributed by atoms with Crippen molar-refractivity contribution in [1.82, 2.24) is 9.55 Å². The number of hydrogen-bond acceptors (Lipinski definition) is 6. The smallest absolute Gasteiger partial charge is 0.291 e. The van der Waals surface area contributed by atoms with Gasteiger partial charge in [-0.25, -0.2) is 4.98 Å². The highest BCUT2D eigenvalue weighted by molar-refractivity contribution is 6.48. The van der Waals surface area contributed by atoms with E-state index in [1.165, 1.54) is 0 Å². The van der Waals surface area contributed by atoms with Crippen molar-refractivity contribution in [2.45, 2.75) is 18.4 Å². The molecule has 0 amide bonds. The molecule has 0 spiro atoms.